The molecule has 2 fully saturated rings. The van der Waals surface area contributed by atoms with Crippen molar-refractivity contribution in [3.63, 3.8) is 0 Å². The molecule has 7 nitrogen and oxygen atoms in total. The highest BCUT2D eigenvalue weighted by Crippen LogP contribution is 2.29. The van der Waals surface area contributed by atoms with E-state index in [0.29, 0.717) is 32.5 Å². The molecule has 168 valence electrons. The predicted molar refractivity (Wildman–Crippen MR) is 123 cm³/mol. The summed E-state index contributed by atoms with van der Waals surface area (Å²) >= 11 is 1.29. The van der Waals surface area contributed by atoms with Gasteiger partial charge < -0.3 is 9.80 Å². The van der Waals surface area contributed by atoms with Crippen LogP contribution >= 0.6 is 11.3 Å². The highest BCUT2D eigenvalue weighted by atomic mass is 32.1. The van der Waals surface area contributed by atoms with Crippen molar-refractivity contribution >= 4 is 33.4 Å². The maximum absolute atomic E-state index is 13.2. The van der Waals surface area contributed by atoms with E-state index in [2.05, 4.69) is 18.8 Å². The summed E-state index contributed by atoms with van der Waals surface area (Å²) in [7, 11) is 0. The predicted octanol–water partition coefficient (Wildman–Crippen LogP) is 3.29. The Morgan fingerprint density at radius 1 is 1.06 bits per heavy atom. The van der Waals surface area contributed by atoms with Crippen LogP contribution in [0.3, 0.4) is 0 Å². The Kier molecular flexibility index (Phi) is 6.46. The third-order valence-electron chi connectivity index (χ3n) is 6.53. The number of carbonyl (C=O) groups is 2. The first-order chi connectivity index (χ1) is 14.8. The van der Waals surface area contributed by atoms with Gasteiger partial charge in [0.05, 0.1) is 16.6 Å². The van der Waals surface area contributed by atoms with Gasteiger partial charge in [-0.25, -0.2) is 4.98 Å². The Bertz CT molecular complexity index is 1030. The van der Waals surface area contributed by atoms with Crippen LogP contribution in [0, 0.1) is 18.8 Å². The van der Waals surface area contributed by atoms with Gasteiger partial charge in [0.2, 0.25) is 5.91 Å². The summed E-state index contributed by atoms with van der Waals surface area (Å²) in [4.78, 5) is 48.6. The van der Waals surface area contributed by atoms with Gasteiger partial charge in [0.1, 0.15) is 11.4 Å². The molecule has 2 aromatic heterocycles. The van der Waals surface area contributed by atoms with Crippen LogP contribution in [-0.2, 0) is 11.3 Å². The maximum atomic E-state index is 13.2. The van der Waals surface area contributed by atoms with Crippen molar-refractivity contribution in [3.05, 3.63) is 27.1 Å². The molecular weight excluding hydrogens is 412 g/mol. The van der Waals surface area contributed by atoms with Crippen molar-refractivity contribution in [1.82, 2.24) is 19.4 Å². The minimum absolute atomic E-state index is 0.000665. The van der Waals surface area contributed by atoms with E-state index in [1.54, 1.807) is 0 Å². The first-order valence-electron chi connectivity index (χ1n) is 11.4. The Labute approximate surface area is 187 Å². The Balaban J connectivity index is 1.59. The molecule has 0 unspecified atom stereocenters. The number of aryl methyl sites for hydroxylation is 1. The van der Waals surface area contributed by atoms with E-state index in [-0.39, 0.29) is 23.9 Å². The summed E-state index contributed by atoms with van der Waals surface area (Å²) in [6.45, 7) is 9.15. The lowest BCUT2D eigenvalue weighted by atomic mass is 9.92. The Morgan fingerprint density at radius 3 is 2.35 bits per heavy atom. The number of amides is 2. The summed E-state index contributed by atoms with van der Waals surface area (Å²) in [5.41, 5.74) is 0.453. The molecule has 0 radical (unpaired) electrons. The number of aromatic nitrogens is 2. The van der Waals surface area contributed by atoms with E-state index in [1.165, 1.54) is 22.2 Å². The zero-order valence-corrected chi connectivity index (χ0v) is 19.5. The zero-order valence-electron chi connectivity index (χ0n) is 18.7. The lowest BCUT2D eigenvalue weighted by molar-refractivity contribution is -0.134. The molecular formula is C23H32N4O3S. The van der Waals surface area contributed by atoms with Crippen LogP contribution in [0.4, 0.5) is 0 Å². The van der Waals surface area contributed by atoms with Gasteiger partial charge in [-0.2, -0.15) is 0 Å². The van der Waals surface area contributed by atoms with Gasteiger partial charge >= 0.3 is 0 Å². The van der Waals surface area contributed by atoms with E-state index in [9.17, 15) is 14.4 Å². The van der Waals surface area contributed by atoms with Gasteiger partial charge in [0, 0.05) is 26.2 Å². The molecule has 2 saturated heterocycles. The third kappa shape index (κ3) is 4.54. The van der Waals surface area contributed by atoms with Crippen LogP contribution in [0.15, 0.2) is 11.1 Å². The average molecular weight is 445 g/mol. The molecule has 2 amide bonds. The largest absolute Gasteiger partial charge is 0.341 e. The summed E-state index contributed by atoms with van der Waals surface area (Å²) in [5, 5.41) is 0.471. The van der Waals surface area contributed by atoms with Gasteiger partial charge in [0.25, 0.3) is 11.5 Å². The highest BCUT2D eigenvalue weighted by Gasteiger charge is 2.27. The second-order valence-corrected chi connectivity index (χ2v) is 10.4. The average Bonchev–Trinajstić information content (AvgIpc) is 2.90. The first-order valence-corrected chi connectivity index (χ1v) is 12.2. The summed E-state index contributed by atoms with van der Waals surface area (Å²) < 4.78 is 1.40. The van der Waals surface area contributed by atoms with Crippen molar-refractivity contribution < 1.29 is 9.59 Å². The van der Waals surface area contributed by atoms with Crippen LogP contribution in [0.2, 0.25) is 0 Å². The fourth-order valence-electron chi connectivity index (χ4n) is 5.01. The third-order valence-corrected chi connectivity index (χ3v) is 7.72. The van der Waals surface area contributed by atoms with Gasteiger partial charge in [-0.1, -0.05) is 26.7 Å². The number of hydrogen-bond donors (Lipinski definition) is 0. The van der Waals surface area contributed by atoms with Crippen molar-refractivity contribution in [2.24, 2.45) is 11.8 Å². The quantitative estimate of drug-likeness (QED) is 0.728. The normalized spacial score (nSPS) is 22.5. The summed E-state index contributed by atoms with van der Waals surface area (Å²) in [6.07, 6.45) is 6.94. The number of rotatable bonds is 3. The Morgan fingerprint density at radius 2 is 1.71 bits per heavy atom. The van der Waals surface area contributed by atoms with E-state index in [4.69, 9.17) is 0 Å². The molecule has 0 aliphatic carbocycles. The molecule has 0 spiro atoms. The molecule has 4 heterocycles. The molecule has 0 saturated carbocycles. The standard InChI is InChI=1S/C23H32N4O3S/c1-15-10-16(2)12-26(11-15)18(28)13-27-14-24-21-19(22(27)29)17(3)20(31-21)23(30)25-8-6-4-5-7-9-25/h14-16H,4-13H2,1-3H3/t15-,16+. The number of hydrogen-bond acceptors (Lipinski definition) is 5. The molecule has 0 aromatic carbocycles. The van der Waals surface area contributed by atoms with Crippen molar-refractivity contribution in [1.29, 1.82) is 0 Å². The zero-order chi connectivity index (χ0) is 22.1. The van der Waals surface area contributed by atoms with Crippen LogP contribution < -0.4 is 5.56 Å². The van der Waals surface area contributed by atoms with E-state index < -0.39 is 0 Å². The Hall–Kier alpha value is -2.22. The van der Waals surface area contributed by atoms with E-state index in [0.717, 1.165) is 58.3 Å². The van der Waals surface area contributed by atoms with E-state index >= 15 is 0 Å². The SMILES string of the molecule is Cc1c(C(=O)N2CCCCCC2)sc2ncn(CC(=O)N3C[C@H](C)C[C@H](C)C3)c(=O)c12. The lowest BCUT2D eigenvalue weighted by Crippen LogP contribution is -2.44. The smallest absolute Gasteiger partial charge is 0.264 e. The van der Waals surface area contributed by atoms with Crippen molar-refractivity contribution in [3.8, 4) is 0 Å². The van der Waals surface area contributed by atoms with Crippen LogP contribution in [0.25, 0.3) is 10.2 Å². The second kappa shape index (κ2) is 9.10. The maximum Gasteiger partial charge on any atom is 0.264 e. The number of thiophene rings is 1. The number of fused-ring (bicyclic) bond motifs is 1. The summed E-state index contributed by atoms with van der Waals surface area (Å²) in [6, 6.07) is 0. The molecule has 2 aromatic rings. The topological polar surface area (TPSA) is 75.5 Å². The molecule has 0 bridgehead atoms. The van der Waals surface area contributed by atoms with Gasteiger partial charge in [-0.05, 0) is 43.6 Å². The molecule has 8 heteroatoms. The van der Waals surface area contributed by atoms with Gasteiger partial charge in [0.15, 0.2) is 0 Å². The molecule has 2 aliphatic rings. The molecule has 0 N–H and O–H groups in total. The number of carbonyl (C=O) groups excluding carboxylic acids is 2. The fourth-order valence-corrected chi connectivity index (χ4v) is 6.11. The number of likely N-dealkylation sites (tertiary alicyclic amines) is 2. The minimum atomic E-state index is -0.236. The van der Waals surface area contributed by atoms with Crippen LogP contribution in [0.1, 0.15) is 61.2 Å². The van der Waals surface area contributed by atoms with Gasteiger partial charge in [-0.15, -0.1) is 11.3 Å². The summed E-state index contributed by atoms with van der Waals surface area (Å²) in [5.74, 6) is 0.893. The molecule has 2 atom stereocenters. The van der Waals surface area contributed by atoms with E-state index in [1.807, 2.05) is 16.7 Å². The monoisotopic (exact) mass is 444 g/mol. The number of piperidine rings is 1. The van der Waals surface area contributed by atoms with Crippen molar-refractivity contribution in [2.75, 3.05) is 26.2 Å². The number of nitrogens with zero attached hydrogens (tertiary/aromatic N) is 4. The lowest BCUT2D eigenvalue weighted by Gasteiger charge is -2.35. The van der Waals surface area contributed by atoms with Crippen molar-refractivity contribution in [2.45, 2.75) is 59.4 Å². The fraction of sp³-hybridized carbons (Fsp3) is 0.652. The highest BCUT2D eigenvalue weighted by molar-refractivity contribution is 7.20. The minimum Gasteiger partial charge on any atom is -0.341 e. The molecule has 4 rings (SSSR count). The first kappa shape index (κ1) is 22.0. The second-order valence-electron chi connectivity index (χ2n) is 9.37. The molecule has 2 aliphatic heterocycles. The van der Waals surface area contributed by atoms with Gasteiger partial charge in [-0.3, -0.25) is 19.0 Å². The molecule has 31 heavy (non-hydrogen) atoms. The van der Waals surface area contributed by atoms with Crippen LogP contribution in [-0.4, -0.2) is 57.3 Å². The van der Waals surface area contributed by atoms with Crippen LogP contribution in [0.5, 0.6) is 0 Å².